The number of sulfone groups is 1. The van der Waals surface area contributed by atoms with Crippen LogP contribution in [0.3, 0.4) is 0 Å². The molecule has 1 atom stereocenters. The molecule has 1 aliphatic heterocycles. The van der Waals surface area contributed by atoms with Crippen molar-refractivity contribution in [2.24, 2.45) is 0 Å². The van der Waals surface area contributed by atoms with E-state index in [1.165, 1.54) is 11.3 Å². The van der Waals surface area contributed by atoms with Crippen LogP contribution in [0.15, 0.2) is 35.7 Å². The first-order valence-corrected chi connectivity index (χ1v) is 12.6. The summed E-state index contributed by atoms with van der Waals surface area (Å²) in [5, 5.41) is 5.62. The first-order chi connectivity index (χ1) is 14.2. The number of aryl methyl sites for hydroxylation is 2. The van der Waals surface area contributed by atoms with Crippen LogP contribution < -0.4 is 5.32 Å². The molecular formula is C22H25N3O3S2. The van der Waals surface area contributed by atoms with Crippen molar-refractivity contribution in [3.05, 3.63) is 57.7 Å². The number of carbonyl (C=O) groups excluding carboxylic acids is 1. The fourth-order valence-corrected chi connectivity index (χ4v) is 6.57. The predicted octanol–water partition coefficient (Wildman–Crippen LogP) is 4.08. The van der Waals surface area contributed by atoms with Crippen molar-refractivity contribution in [2.75, 3.05) is 16.8 Å². The zero-order valence-corrected chi connectivity index (χ0v) is 18.9. The molecule has 0 saturated carbocycles. The molecule has 0 spiro atoms. The second kappa shape index (κ2) is 8.00. The fraction of sp³-hybridized carbons (Fsp3) is 0.364. The molecule has 1 fully saturated rings. The lowest BCUT2D eigenvalue weighted by Crippen LogP contribution is -2.14. The van der Waals surface area contributed by atoms with Gasteiger partial charge in [-0.3, -0.25) is 4.79 Å². The van der Waals surface area contributed by atoms with Crippen LogP contribution >= 0.6 is 11.3 Å². The topological polar surface area (TPSA) is 81.1 Å². The Hall–Kier alpha value is -2.45. The zero-order valence-electron chi connectivity index (χ0n) is 17.3. The van der Waals surface area contributed by atoms with E-state index in [4.69, 9.17) is 0 Å². The lowest BCUT2D eigenvalue weighted by molar-refractivity contribution is -0.115. The van der Waals surface area contributed by atoms with Gasteiger partial charge in [0.1, 0.15) is 5.01 Å². The summed E-state index contributed by atoms with van der Waals surface area (Å²) in [6, 6.07) is 9.75. The Labute approximate surface area is 180 Å². The highest BCUT2D eigenvalue weighted by Crippen LogP contribution is 2.34. The van der Waals surface area contributed by atoms with Crippen LogP contribution in [0.25, 0.3) is 11.3 Å². The molecule has 3 aromatic rings. The molecule has 0 aliphatic carbocycles. The lowest BCUT2D eigenvalue weighted by atomic mass is 10.2. The largest absolute Gasteiger partial charge is 0.344 e. The minimum Gasteiger partial charge on any atom is -0.344 e. The van der Waals surface area contributed by atoms with Gasteiger partial charge in [0.05, 0.1) is 23.6 Å². The number of nitrogens with zero attached hydrogens (tertiary/aromatic N) is 2. The van der Waals surface area contributed by atoms with Crippen molar-refractivity contribution >= 4 is 32.8 Å². The van der Waals surface area contributed by atoms with Crippen molar-refractivity contribution in [2.45, 2.75) is 39.7 Å². The van der Waals surface area contributed by atoms with Gasteiger partial charge in [-0.2, -0.15) is 0 Å². The van der Waals surface area contributed by atoms with E-state index >= 15 is 0 Å². The number of nitrogens with one attached hydrogen (secondary N) is 1. The first-order valence-electron chi connectivity index (χ1n) is 9.92. The van der Waals surface area contributed by atoms with Crippen molar-refractivity contribution in [3.8, 4) is 11.3 Å². The molecule has 0 unspecified atom stereocenters. The number of anilines is 1. The Balaban J connectivity index is 1.49. The number of thiazole rings is 1. The van der Waals surface area contributed by atoms with Crippen LogP contribution in [0.2, 0.25) is 0 Å². The van der Waals surface area contributed by atoms with Gasteiger partial charge in [-0.1, -0.05) is 17.7 Å². The maximum atomic E-state index is 12.4. The van der Waals surface area contributed by atoms with Gasteiger partial charge in [-0.05, 0) is 45.4 Å². The Morgan fingerprint density at radius 3 is 2.63 bits per heavy atom. The Bertz CT molecular complexity index is 1190. The number of hydrogen-bond donors (Lipinski definition) is 1. The van der Waals surface area contributed by atoms with Gasteiger partial charge in [-0.25, -0.2) is 13.4 Å². The maximum Gasteiger partial charge on any atom is 0.231 e. The van der Waals surface area contributed by atoms with Gasteiger partial charge in [0.15, 0.2) is 9.84 Å². The third-order valence-corrected chi connectivity index (χ3v) is 8.13. The summed E-state index contributed by atoms with van der Waals surface area (Å²) < 4.78 is 25.9. The number of hydrogen-bond acceptors (Lipinski definition) is 5. The molecule has 158 valence electrons. The molecule has 8 heteroatoms. The van der Waals surface area contributed by atoms with Gasteiger partial charge in [-0.15, -0.1) is 11.3 Å². The van der Waals surface area contributed by atoms with Gasteiger partial charge in [0.25, 0.3) is 0 Å². The molecule has 1 aromatic carbocycles. The molecule has 0 radical (unpaired) electrons. The minimum absolute atomic E-state index is 0.0119. The van der Waals surface area contributed by atoms with Crippen LogP contribution in [0.4, 0.5) is 5.69 Å². The van der Waals surface area contributed by atoms with E-state index in [9.17, 15) is 13.2 Å². The molecule has 1 saturated heterocycles. The molecule has 3 heterocycles. The van der Waals surface area contributed by atoms with Crippen LogP contribution in [-0.4, -0.2) is 35.4 Å². The molecule has 0 bridgehead atoms. The summed E-state index contributed by atoms with van der Waals surface area (Å²) >= 11 is 1.46. The average Bonchev–Trinajstić information content (AvgIpc) is 3.34. The summed E-state index contributed by atoms with van der Waals surface area (Å²) in [7, 11) is -2.95. The number of aromatic nitrogens is 2. The normalized spacial score (nSPS) is 17.9. The second-order valence-electron chi connectivity index (χ2n) is 7.93. The summed E-state index contributed by atoms with van der Waals surface area (Å²) in [5.74, 6) is 0.354. The monoisotopic (exact) mass is 443 g/mol. The highest BCUT2D eigenvalue weighted by Gasteiger charge is 2.31. The number of benzene rings is 1. The van der Waals surface area contributed by atoms with Crippen LogP contribution in [0, 0.1) is 20.8 Å². The van der Waals surface area contributed by atoms with Crippen molar-refractivity contribution in [3.63, 3.8) is 0 Å². The summed E-state index contributed by atoms with van der Waals surface area (Å²) in [5.41, 5.74) is 5.81. The molecule has 4 rings (SSSR count). The highest BCUT2D eigenvalue weighted by atomic mass is 32.2. The summed E-state index contributed by atoms with van der Waals surface area (Å²) in [6.45, 7) is 6.02. The maximum absolute atomic E-state index is 12.4. The zero-order chi connectivity index (χ0) is 21.5. The SMILES string of the molecule is Cc1ccc(NC(=O)Cc2nc(-c3cc(C)n([C@H]4CCS(=O)(=O)C4)c3C)cs2)cc1. The van der Waals surface area contributed by atoms with Crippen molar-refractivity contribution in [1.29, 1.82) is 0 Å². The van der Waals surface area contributed by atoms with E-state index in [2.05, 4.69) is 20.9 Å². The molecule has 6 nitrogen and oxygen atoms in total. The third kappa shape index (κ3) is 4.34. The fourth-order valence-electron chi connectivity index (χ4n) is 4.07. The van der Waals surface area contributed by atoms with Gasteiger partial charge in [0.2, 0.25) is 5.91 Å². The average molecular weight is 444 g/mol. The predicted molar refractivity (Wildman–Crippen MR) is 121 cm³/mol. The van der Waals surface area contributed by atoms with Crippen molar-refractivity contribution < 1.29 is 13.2 Å². The molecule has 2 aromatic heterocycles. The number of rotatable bonds is 5. The van der Waals surface area contributed by atoms with Gasteiger partial charge < -0.3 is 9.88 Å². The number of carbonyl (C=O) groups is 1. The van der Waals surface area contributed by atoms with E-state index < -0.39 is 9.84 Å². The van der Waals surface area contributed by atoms with Gasteiger partial charge in [0, 0.05) is 34.1 Å². The molecule has 1 aliphatic rings. The van der Waals surface area contributed by atoms with Crippen LogP contribution in [0.5, 0.6) is 0 Å². The van der Waals surface area contributed by atoms with E-state index in [1.54, 1.807) is 0 Å². The summed E-state index contributed by atoms with van der Waals surface area (Å²) in [6.07, 6.45) is 0.873. The molecular weight excluding hydrogens is 418 g/mol. The number of amides is 1. The molecule has 30 heavy (non-hydrogen) atoms. The second-order valence-corrected chi connectivity index (χ2v) is 11.1. The van der Waals surface area contributed by atoms with E-state index in [1.807, 2.05) is 50.4 Å². The lowest BCUT2D eigenvalue weighted by Gasteiger charge is -2.16. The Morgan fingerprint density at radius 1 is 1.23 bits per heavy atom. The van der Waals surface area contributed by atoms with Gasteiger partial charge >= 0.3 is 0 Å². The molecule has 1 N–H and O–H groups in total. The van der Waals surface area contributed by atoms with E-state index in [0.29, 0.717) is 6.42 Å². The highest BCUT2D eigenvalue weighted by molar-refractivity contribution is 7.91. The Morgan fingerprint density at radius 2 is 1.97 bits per heavy atom. The minimum atomic E-state index is -2.95. The smallest absolute Gasteiger partial charge is 0.231 e. The van der Waals surface area contributed by atoms with E-state index in [0.717, 1.165) is 38.9 Å². The summed E-state index contributed by atoms with van der Waals surface area (Å²) in [4.78, 5) is 17.0. The van der Waals surface area contributed by atoms with Crippen LogP contribution in [-0.2, 0) is 21.1 Å². The third-order valence-electron chi connectivity index (χ3n) is 5.53. The van der Waals surface area contributed by atoms with Crippen LogP contribution in [0.1, 0.15) is 34.4 Å². The van der Waals surface area contributed by atoms with E-state index in [-0.39, 0.29) is 29.9 Å². The van der Waals surface area contributed by atoms with Crippen molar-refractivity contribution in [1.82, 2.24) is 9.55 Å². The Kier molecular flexibility index (Phi) is 5.55. The molecule has 1 amide bonds. The first kappa shape index (κ1) is 20.8. The quantitative estimate of drug-likeness (QED) is 0.644. The standard InChI is InChI=1S/C22H25N3O3S2/c1-14-4-6-17(7-5-14)23-21(26)11-22-24-20(12-29-22)19-10-15(2)25(16(19)3)18-8-9-30(27,28)13-18/h4-7,10,12,18H,8-9,11,13H2,1-3H3,(H,23,26)/t18-/m0/s1.